The van der Waals surface area contributed by atoms with Crippen LogP contribution < -0.4 is 0 Å². The topological polar surface area (TPSA) is 66.8 Å². The van der Waals surface area contributed by atoms with Gasteiger partial charge in [0, 0.05) is 25.6 Å². The predicted octanol–water partition coefficient (Wildman–Crippen LogP) is 1.03. The molecule has 0 saturated carbocycles. The van der Waals surface area contributed by atoms with Crippen molar-refractivity contribution in [2.45, 2.75) is 6.92 Å². The van der Waals surface area contributed by atoms with Crippen molar-refractivity contribution < 1.29 is 19.4 Å². The van der Waals surface area contributed by atoms with Crippen LogP contribution in [0.3, 0.4) is 0 Å². The summed E-state index contributed by atoms with van der Waals surface area (Å²) in [6, 6.07) is 3.36. The van der Waals surface area contributed by atoms with Crippen molar-refractivity contribution in [3.05, 3.63) is 21.9 Å². The van der Waals surface area contributed by atoms with Crippen LogP contribution >= 0.6 is 11.3 Å². The van der Waals surface area contributed by atoms with Gasteiger partial charge in [0.25, 0.3) is 5.91 Å². The van der Waals surface area contributed by atoms with E-state index >= 15 is 0 Å². The van der Waals surface area contributed by atoms with Crippen LogP contribution in [0.1, 0.15) is 26.3 Å². The third-order valence-corrected chi connectivity index (χ3v) is 4.22. The van der Waals surface area contributed by atoms with Gasteiger partial charge in [-0.2, -0.15) is 0 Å². The maximum absolute atomic E-state index is 12.3. The number of hydrogen-bond acceptors (Lipinski definition) is 5. The number of rotatable bonds is 3. The zero-order chi connectivity index (χ0) is 13.8. The largest absolute Gasteiger partial charge is 0.396 e. The maximum Gasteiger partial charge on any atom is 0.264 e. The zero-order valence-corrected chi connectivity index (χ0v) is 11.6. The molecule has 0 spiro atoms. The highest BCUT2D eigenvalue weighted by molar-refractivity contribution is 7.15. The van der Waals surface area contributed by atoms with Gasteiger partial charge in [0.2, 0.25) is 0 Å². The molecule has 0 bridgehead atoms. The fourth-order valence-corrected chi connectivity index (χ4v) is 2.84. The SMILES string of the molecule is CC(=O)c1ccc(C(=O)N2CCOCC(CO)C2)s1. The minimum Gasteiger partial charge on any atom is -0.396 e. The second-order valence-corrected chi connectivity index (χ2v) is 5.68. The molecular formula is C13H17NO4S. The fraction of sp³-hybridized carbons (Fsp3) is 0.538. The molecule has 1 fully saturated rings. The summed E-state index contributed by atoms with van der Waals surface area (Å²) in [6.45, 7) is 3.45. The van der Waals surface area contributed by atoms with Gasteiger partial charge in [0.05, 0.1) is 23.0 Å². The van der Waals surface area contributed by atoms with Gasteiger partial charge in [-0.05, 0) is 19.1 Å². The summed E-state index contributed by atoms with van der Waals surface area (Å²) in [6.07, 6.45) is 0. The molecule has 0 aliphatic carbocycles. The highest BCUT2D eigenvalue weighted by atomic mass is 32.1. The summed E-state index contributed by atoms with van der Waals surface area (Å²) in [7, 11) is 0. The number of hydrogen-bond donors (Lipinski definition) is 1. The Hall–Kier alpha value is -1.24. The van der Waals surface area contributed by atoms with Gasteiger partial charge >= 0.3 is 0 Å². The second-order valence-electron chi connectivity index (χ2n) is 4.59. The Balaban J connectivity index is 2.10. The third-order valence-electron chi connectivity index (χ3n) is 3.05. The Bertz CT molecular complexity index is 471. The van der Waals surface area contributed by atoms with Gasteiger partial charge in [-0.15, -0.1) is 11.3 Å². The number of ether oxygens (including phenoxy) is 1. The number of thiophene rings is 1. The Kier molecular flexibility index (Phi) is 4.68. The lowest BCUT2D eigenvalue weighted by molar-refractivity contribution is 0.0733. The smallest absolute Gasteiger partial charge is 0.264 e. The number of ketones is 1. The number of carbonyl (C=O) groups is 2. The van der Waals surface area contributed by atoms with E-state index in [0.717, 1.165) is 0 Å². The van der Waals surface area contributed by atoms with E-state index in [1.54, 1.807) is 17.0 Å². The molecule has 1 atom stereocenters. The normalized spacial score (nSPS) is 20.1. The molecule has 1 saturated heterocycles. The standard InChI is InChI=1S/C13H17NO4S/c1-9(16)11-2-3-12(19-11)13(17)14-4-5-18-8-10(6-14)7-15/h2-3,10,15H,4-8H2,1H3. The molecular weight excluding hydrogens is 266 g/mol. The molecule has 6 heteroatoms. The lowest BCUT2D eigenvalue weighted by Crippen LogP contribution is -2.36. The first kappa shape index (κ1) is 14.2. The Morgan fingerprint density at radius 2 is 2.21 bits per heavy atom. The molecule has 5 nitrogen and oxygen atoms in total. The summed E-state index contributed by atoms with van der Waals surface area (Å²) in [5, 5.41) is 9.20. The van der Waals surface area contributed by atoms with E-state index in [1.165, 1.54) is 18.3 Å². The molecule has 1 amide bonds. The van der Waals surface area contributed by atoms with Crippen LogP contribution in [0.4, 0.5) is 0 Å². The van der Waals surface area contributed by atoms with Crippen LogP contribution in [-0.2, 0) is 4.74 Å². The van der Waals surface area contributed by atoms with E-state index < -0.39 is 0 Å². The summed E-state index contributed by atoms with van der Waals surface area (Å²) >= 11 is 1.21. The number of carbonyl (C=O) groups excluding carboxylic acids is 2. The molecule has 104 valence electrons. The van der Waals surface area contributed by atoms with Crippen molar-refractivity contribution in [2.24, 2.45) is 5.92 Å². The molecule has 0 aromatic carbocycles. The number of amides is 1. The van der Waals surface area contributed by atoms with Crippen LogP contribution in [-0.4, -0.2) is 54.6 Å². The van der Waals surface area contributed by atoms with Gasteiger partial charge in [0.15, 0.2) is 5.78 Å². The van der Waals surface area contributed by atoms with Crippen molar-refractivity contribution in [2.75, 3.05) is 32.9 Å². The average molecular weight is 283 g/mol. The van der Waals surface area contributed by atoms with E-state index in [4.69, 9.17) is 4.74 Å². The molecule has 1 unspecified atom stereocenters. The summed E-state index contributed by atoms with van der Waals surface area (Å²) < 4.78 is 5.35. The third kappa shape index (κ3) is 3.40. The quantitative estimate of drug-likeness (QED) is 0.841. The van der Waals surface area contributed by atoms with Gasteiger partial charge in [-0.3, -0.25) is 9.59 Å². The fourth-order valence-electron chi connectivity index (χ4n) is 1.97. The van der Waals surface area contributed by atoms with Crippen LogP contribution in [0.2, 0.25) is 0 Å². The monoisotopic (exact) mass is 283 g/mol. The van der Waals surface area contributed by atoms with E-state index in [0.29, 0.717) is 36.1 Å². The van der Waals surface area contributed by atoms with Crippen molar-refractivity contribution in [3.8, 4) is 0 Å². The molecule has 2 heterocycles. The molecule has 1 aromatic rings. The van der Waals surface area contributed by atoms with Crippen LogP contribution in [0.15, 0.2) is 12.1 Å². The van der Waals surface area contributed by atoms with Crippen molar-refractivity contribution >= 4 is 23.0 Å². The van der Waals surface area contributed by atoms with Gasteiger partial charge in [-0.1, -0.05) is 0 Å². The molecule has 1 aliphatic rings. The molecule has 19 heavy (non-hydrogen) atoms. The van der Waals surface area contributed by atoms with Crippen molar-refractivity contribution in [3.63, 3.8) is 0 Å². The first-order valence-corrected chi connectivity index (χ1v) is 7.02. The van der Waals surface area contributed by atoms with E-state index in [1.807, 2.05) is 0 Å². The minimum atomic E-state index is -0.0959. The van der Waals surface area contributed by atoms with Gasteiger partial charge in [0.1, 0.15) is 0 Å². The van der Waals surface area contributed by atoms with E-state index in [9.17, 15) is 14.7 Å². The second kappa shape index (κ2) is 6.27. The summed E-state index contributed by atoms with van der Waals surface area (Å²) in [4.78, 5) is 26.4. The Morgan fingerprint density at radius 1 is 1.47 bits per heavy atom. The minimum absolute atomic E-state index is 0.00686. The highest BCUT2D eigenvalue weighted by Gasteiger charge is 2.24. The molecule has 2 rings (SSSR count). The molecule has 1 N–H and O–H groups in total. The Morgan fingerprint density at radius 3 is 2.84 bits per heavy atom. The highest BCUT2D eigenvalue weighted by Crippen LogP contribution is 2.20. The van der Waals surface area contributed by atoms with E-state index in [-0.39, 0.29) is 24.2 Å². The Labute approximate surface area is 115 Å². The number of aliphatic hydroxyl groups is 1. The van der Waals surface area contributed by atoms with Crippen molar-refractivity contribution in [1.82, 2.24) is 4.90 Å². The van der Waals surface area contributed by atoms with Crippen LogP contribution in [0.5, 0.6) is 0 Å². The molecule has 0 radical (unpaired) electrons. The number of aliphatic hydroxyl groups excluding tert-OH is 1. The van der Waals surface area contributed by atoms with Crippen molar-refractivity contribution in [1.29, 1.82) is 0 Å². The van der Waals surface area contributed by atoms with E-state index in [2.05, 4.69) is 0 Å². The molecule has 1 aliphatic heterocycles. The predicted molar refractivity (Wildman–Crippen MR) is 71.6 cm³/mol. The van der Waals surface area contributed by atoms with Crippen LogP contribution in [0.25, 0.3) is 0 Å². The summed E-state index contributed by atoms with van der Waals surface area (Å²) in [5.74, 6) is -0.170. The summed E-state index contributed by atoms with van der Waals surface area (Å²) in [5.41, 5.74) is 0. The first-order chi connectivity index (χ1) is 9.11. The van der Waals surface area contributed by atoms with Gasteiger partial charge in [-0.25, -0.2) is 0 Å². The maximum atomic E-state index is 12.3. The lowest BCUT2D eigenvalue weighted by Gasteiger charge is -2.21. The molecule has 1 aromatic heterocycles. The van der Waals surface area contributed by atoms with Gasteiger partial charge < -0.3 is 14.7 Å². The van der Waals surface area contributed by atoms with Crippen LogP contribution in [0, 0.1) is 5.92 Å². The zero-order valence-electron chi connectivity index (χ0n) is 10.8. The number of Topliss-reactive ketones (excluding diaryl/α,β-unsaturated/α-hetero) is 1. The number of nitrogens with zero attached hydrogens (tertiary/aromatic N) is 1. The lowest BCUT2D eigenvalue weighted by atomic mass is 10.1. The average Bonchev–Trinajstić information content (AvgIpc) is 2.77. The first-order valence-electron chi connectivity index (χ1n) is 6.20.